The molecule has 5 heteroatoms. The van der Waals surface area contributed by atoms with Gasteiger partial charge in [0.25, 0.3) is 0 Å². The van der Waals surface area contributed by atoms with Crippen LogP contribution in [0.5, 0.6) is 0 Å². The fraction of sp³-hybridized carbons (Fsp3) is 0.500. The second kappa shape index (κ2) is 9.85. The van der Waals surface area contributed by atoms with Crippen molar-refractivity contribution in [3.63, 3.8) is 0 Å². The van der Waals surface area contributed by atoms with Crippen molar-refractivity contribution >= 4 is 11.9 Å². The van der Waals surface area contributed by atoms with E-state index < -0.39 is 23.8 Å². The van der Waals surface area contributed by atoms with Crippen molar-refractivity contribution in [3.8, 4) is 12.3 Å². The van der Waals surface area contributed by atoms with Gasteiger partial charge in [0, 0.05) is 12.8 Å². The normalized spacial score (nSPS) is 13.4. The summed E-state index contributed by atoms with van der Waals surface area (Å²) in [7, 11) is 0. The minimum atomic E-state index is -0.813. The van der Waals surface area contributed by atoms with Crippen LogP contribution in [0.1, 0.15) is 46.1 Å². The second-order valence-corrected chi connectivity index (χ2v) is 6.80. The van der Waals surface area contributed by atoms with Crippen molar-refractivity contribution in [3.05, 3.63) is 35.9 Å². The molecule has 0 saturated heterocycles. The van der Waals surface area contributed by atoms with Gasteiger partial charge in [0.15, 0.2) is 5.78 Å². The van der Waals surface area contributed by atoms with Crippen molar-refractivity contribution in [1.82, 2.24) is 5.32 Å². The van der Waals surface area contributed by atoms with Gasteiger partial charge in [0.2, 0.25) is 0 Å². The monoisotopic (exact) mass is 345 g/mol. The Morgan fingerprint density at radius 3 is 2.44 bits per heavy atom. The van der Waals surface area contributed by atoms with Crippen LogP contribution < -0.4 is 5.32 Å². The molecule has 0 aliphatic rings. The highest BCUT2D eigenvalue weighted by atomic mass is 16.6. The Morgan fingerprint density at radius 2 is 1.88 bits per heavy atom. The van der Waals surface area contributed by atoms with E-state index in [-0.39, 0.29) is 12.2 Å². The van der Waals surface area contributed by atoms with E-state index in [0.717, 1.165) is 5.56 Å². The number of nitrogens with one attached hydrogen (secondary N) is 1. The van der Waals surface area contributed by atoms with Gasteiger partial charge in [-0.3, -0.25) is 4.79 Å². The number of hydrogen-bond acceptors (Lipinski definition) is 4. The minimum absolute atomic E-state index is 0.177. The van der Waals surface area contributed by atoms with Crippen LogP contribution in [0.2, 0.25) is 0 Å². The molecular weight excluding hydrogens is 318 g/mol. The summed E-state index contributed by atoms with van der Waals surface area (Å²) in [5.74, 6) is 2.26. The molecule has 0 heterocycles. The van der Waals surface area contributed by atoms with Crippen LogP contribution in [0.4, 0.5) is 4.79 Å². The number of alkyl carbamates (subject to hydrolysis) is 1. The molecule has 1 aromatic carbocycles. The van der Waals surface area contributed by atoms with E-state index in [9.17, 15) is 9.59 Å². The fourth-order valence-corrected chi connectivity index (χ4v) is 2.14. The number of carbonyl (C=O) groups is 2. The number of ether oxygens (including phenoxy) is 2. The molecule has 0 unspecified atom stereocenters. The molecule has 0 fully saturated rings. The Labute approximate surface area is 150 Å². The van der Waals surface area contributed by atoms with Crippen LogP contribution in [-0.4, -0.2) is 29.6 Å². The molecule has 0 aliphatic carbocycles. The topological polar surface area (TPSA) is 64.6 Å². The Hall–Kier alpha value is -2.32. The molecule has 1 rings (SSSR count). The fourth-order valence-electron chi connectivity index (χ4n) is 2.14. The Balaban J connectivity index is 2.73. The third-order valence-electron chi connectivity index (χ3n) is 3.36. The van der Waals surface area contributed by atoms with E-state index >= 15 is 0 Å². The Kier molecular flexibility index (Phi) is 8.17. The minimum Gasteiger partial charge on any atom is -0.444 e. The zero-order chi connectivity index (χ0) is 18.9. The zero-order valence-corrected chi connectivity index (χ0v) is 15.4. The largest absolute Gasteiger partial charge is 0.444 e. The number of terminal acetylenes is 1. The van der Waals surface area contributed by atoms with Gasteiger partial charge >= 0.3 is 6.09 Å². The van der Waals surface area contributed by atoms with E-state index in [2.05, 4.69) is 11.2 Å². The van der Waals surface area contributed by atoms with E-state index in [1.165, 1.54) is 0 Å². The van der Waals surface area contributed by atoms with Crippen LogP contribution >= 0.6 is 0 Å². The van der Waals surface area contributed by atoms with Crippen molar-refractivity contribution < 1.29 is 19.1 Å². The highest BCUT2D eigenvalue weighted by Gasteiger charge is 2.29. The quantitative estimate of drug-likeness (QED) is 0.733. The second-order valence-electron chi connectivity index (χ2n) is 6.80. The van der Waals surface area contributed by atoms with Gasteiger partial charge in [-0.05, 0) is 33.3 Å². The van der Waals surface area contributed by atoms with Crippen molar-refractivity contribution in [1.29, 1.82) is 0 Å². The van der Waals surface area contributed by atoms with Gasteiger partial charge in [-0.2, -0.15) is 0 Å². The highest BCUT2D eigenvalue weighted by Crippen LogP contribution is 2.11. The Bertz CT molecular complexity index is 598. The molecule has 0 aromatic heterocycles. The lowest BCUT2D eigenvalue weighted by Crippen LogP contribution is -2.50. The molecule has 0 aliphatic heterocycles. The lowest BCUT2D eigenvalue weighted by atomic mass is 10.0. The smallest absolute Gasteiger partial charge is 0.408 e. The average molecular weight is 345 g/mol. The van der Waals surface area contributed by atoms with Crippen molar-refractivity contribution in [2.45, 2.75) is 64.9 Å². The maximum Gasteiger partial charge on any atom is 0.408 e. The molecular formula is C20H27NO4. The lowest BCUT2D eigenvalue weighted by Gasteiger charge is -2.26. The maximum atomic E-state index is 12.4. The van der Waals surface area contributed by atoms with Crippen LogP contribution in [0.25, 0.3) is 0 Å². The average Bonchev–Trinajstić information content (AvgIpc) is 2.54. The van der Waals surface area contributed by atoms with Crippen LogP contribution in [0, 0.1) is 12.3 Å². The van der Waals surface area contributed by atoms with E-state index in [0.29, 0.717) is 13.0 Å². The first-order valence-corrected chi connectivity index (χ1v) is 8.34. The Morgan fingerprint density at radius 1 is 1.24 bits per heavy atom. The van der Waals surface area contributed by atoms with Gasteiger partial charge < -0.3 is 14.8 Å². The number of carbonyl (C=O) groups excluding carboxylic acids is 2. The van der Waals surface area contributed by atoms with Crippen LogP contribution in [0.3, 0.4) is 0 Å². The predicted molar refractivity (Wildman–Crippen MR) is 96.9 cm³/mol. The van der Waals surface area contributed by atoms with Gasteiger partial charge in [0.05, 0.1) is 12.7 Å². The number of hydrogen-bond donors (Lipinski definition) is 1. The van der Waals surface area contributed by atoms with Gasteiger partial charge in [-0.25, -0.2) is 4.79 Å². The maximum absolute atomic E-state index is 12.4. The molecule has 1 N–H and O–H groups in total. The molecule has 0 radical (unpaired) electrons. The van der Waals surface area contributed by atoms with E-state index in [1.807, 2.05) is 30.3 Å². The molecule has 1 amide bonds. The molecule has 1 aromatic rings. The summed E-state index contributed by atoms with van der Waals surface area (Å²) in [5.41, 5.74) is 0.339. The van der Waals surface area contributed by atoms with Gasteiger partial charge in [-0.15, -0.1) is 12.3 Å². The molecule has 5 nitrogen and oxygen atoms in total. The predicted octanol–water partition coefficient (Wildman–Crippen LogP) is 3.47. The summed E-state index contributed by atoms with van der Waals surface area (Å²) >= 11 is 0. The third-order valence-corrected chi connectivity index (χ3v) is 3.36. The van der Waals surface area contributed by atoms with Crippen molar-refractivity contribution in [2.75, 3.05) is 0 Å². The summed E-state index contributed by atoms with van der Waals surface area (Å²) in [4.78, 5) is 24.5. The molecule has 2 atom stereocenters. The third kappa shape index (κ3) is 8.37. The first-order valence-electron chi connectivity index (χ1n) is 8.34. The molecule has 25 heavy (non-hydrogen) atoms. The summed E-state index contributed by atoms with van der Waals surface area (Å²) in [6.07, 6.45) is 4.55. The van der Waals surface area contributed by atoms with Crippen LogP contribution in [0.15, 0.2) is 30.3 Å². The summed E-state index contributed by atoms with van der Waals surface area (Å²) in [6.45, 7) is 7.38. The number of rotatable bonds is 8. The van der Waals surface area contributed by atoms with Crippen LogP contribution in [-0.2, 0) is 20.9 Å². The van der Waals surface area contributed by atoms with Crippen molar-refractivity contribution in [2.24, 2.45) is 0 Å². The molecule has 0 spiro atoms. The first kappa shape index (κ1) is 20.7. The van der Waals surface area contributed by atoms with E-state index in [1.54, 1.807) is 27.7 Å². The summed E-state index contributed by atoms with van der Waals surface area (Å²) in [6, 6.07) is 8.80. The number of Topliss-reactive ketones (excluding diaryl/α,β-unsaturated/α-hetero) is 1. The summed E-state index contributed by atoms with van der Waals surface area (Å²) < 4.78 is 11.0. The standard InChI is InChI=1S/C20H27NO4/c1-6-7-13-17(22)18(21-19(23)25-20(3,4)5)15(2)24-14-16-11-9-8-10-12-16/h1,8-12,15,18H,7,13-14H2,2-5H3,(H,21,23)/t15-,18+/m0/s1. The molecule has 0 saturated carbocycles. The van der Waals surface area contributed by atoms with E-state index in [4.69, 9.17) is 15.9 Å². The van der Waals surface area contributed by atoms with Gasteiger partial charge in [-0.1, -0.05) is 30.3 Å². The van der Waals surface area contributed by atoms with Gasteiger partial charge in [0.1, 0.15) is 11.6 Å². The number of amides is 1. The lowest BCUT2D eigenvalue weighted by molar-refractivity contribution is -0.125. The number of ketones is 1. The highest BCUT2D eigenvalue weighted by molar-refractivity contribution is 5.88. The number of benzene rings is 1. The summed E-state index contributed by atoms with van der Waals surface area (Å²) in [5, 5.41) is 2.61. The first-order chi connectivity index (χ1) is 11.7. The molecule has 0 bridgehead atoms. The SMILES string of the molecule is C#CCCC(=O)[C@H](NC(=O)OC(C)(C)C)[C@H](C)OCc1ccccc1. The zero-order valence-electron chi connectivity index (χ0n) is 15.4. The molecule has 136 valence electrons.